The molecule has 8 heteroatoms. The third-order valence-electron chi connectivity index (χ3n) is 4.25. The van der Waals surface area contributed by atoms with E-state index in [1.54, 1.807) is 18.5 Å². The third-order valence-corrected chi connectivity index (χ3v) is 5.33. The number of piperidine rings is 1. The smallest absolute Gasteiger partial charge is 0.308 e. The predicted molar refractivity (Wildman–Crippen MR) is 99.5 cm³/mol. The Morgan fingerprint density at radius 2 is 2.08 bits per heavy atom. The van der Waals surface area contributed by atoms with E-state index in [4.69, 9.17) is 0 Å². The number of nitrogens with zero attached hydrogens (tertiary/aromatic N) is 2. The Balaban J connectivity index is 1.97. The van der Waals surface area contributed by atoms with E-state index in [1.165, 1.54) is 16.7 Å². The highest BCUT2D eigenvalue weighted by molar-refractivity contribution is 8.00. The Morgan fingerprint density at radius 1 is 1.35 bits per heavy atom. The number of amides is 2. The van der Waals surface area contributed by atoms with Gasteiger partial charge in [0, 0.05) is 32.0 Å². The summed E-state index contributed by atoms with van der Waals surface area (Å²) in [6.45, 7) is 4.77. The third kappa shape index (κ3) is 6.01. The lowest BCUT2D eigenvalue weighted by molar-refractivity contribution is -0.147. The Morgan fingerprint density at radius 3 is 2.69 bits per heavy atom. The number of carbonyl (C=O) groups is 3. The van der Waals surface area contributed by atoms with E-state index in [0.717, 1.165) is 5.56 Å². The summed E-state index contributed by atoms with van der Waals surface area (Å²) in [6.07, 6.45) is 3.57. The number of likely N-dealkylation sites (tertiary alicyclic amines) is 1. The average molecular weight is 379 g/mol. The van der Waals surface area contributed by atoms with Crippen LogP contribution in [0.3, 0.4) is 0 Å². The van der Waals surface area contributed by atoms with Crippen LogP contribution in [0.1, 0.15) is 25.8 Å². The number of pyridine rings is 1. The van der Waals surface area contributed by atoms with E-state index >= 15 is 0 Å². The minimum Gasteiger partial charge on any atom is -0.481 e. The lowest BCUT2D eigenvalue weighted by Gasteiger charge is -2.35. The van der Waals surface area contributed by atoms with Crippen LogP contribution in [-0.2, 0) is 20.9 Å². The summed E-state index contributed by atoms with van der Waals surface area (Å²) >= 11 is 1.51. The van der Waals surface area contributed by atoms with E-state index in [-0.39, 0.29) is 31.3 Å². The van der Waals surface area contributed by atoms with Crippen LogP contribution >= 0.6 is 11.8 Å². The minimum atomic E-state index is -0.968. The molecule has 0 aromatic carbocycles. The molecule has 2 heterocycles. The van der Waals surface area contributed by atoms with Crippen LogP contribution in [0.2, 0.25) is 0 Å². The number of hydrogen-bond donors (Lipinski definition) is 2. The number of carboxylic acids is 1. The molecular weight excluding hydrogens is 354 g/mol. The second-order valence-corrected chi connectivity index (χ2v) is 8.27. The van der Waals surface area contributed by atoms with Crippen LogP contribution in [0.25, 0.3) is 0 Å². The molecule has 0 saturated carbocycles. The highest BCUT2D eigenvalue weighted by Crippen LogP contribution is 2.24. The number of carboxylic acid groups (broad SMARTS) is 1. The highest BCUT2D eigenvalue weighted by Gasteiger charge is 2.36. The maximum atomic E-state index is 12.5. The molecule has 1 aliphatic heterocycles. The summed E-state index contributed by atoms with van der Waals surface area (Å²) in [5, 5.41) is 12.5. The Bertz CT molecular complexity index is 639. The molecule has 2 rings (SSSR count). The van der Waals surface area contributed by atoms with Gasteiger partial charge in [0.2, 0.25) is 11.8 Å². The molecule has 1 fully saturated rings. The fourth-order valence-electron chi connectivity index (χ4n) is 2.84. The second kappa shape index (κ2) is 9.56. The van der Waals surface area contributed by atoms with Crippen LogP contribution in [-0.4, -0.2) is 56.9 Å². The molecule has 2 amide bonds. The van der Waals surface area contributed by atoms with Gasteiger partial charge in [-0.3, -0.25) is 19.4 Å². The van der Waals surface area contributed by atoms with Gasteiger partial charge in [-0.25, -0.2) is 0 Å². The first-order valence-electron chi connectivity index (χ1n) is 8.65. The SMILES string of the molecule is CC(C)SCC(=O)N1C[C@H](C(=O)O)C[C@@H](C(=O)NCc2cccnc2)C1. The molecular formula is C18H25N3O4S. The van der Waals surface area contributed by atoms with Crippen molar-refractivity contribution in [3.05, 3.63) is 30.1 Å². The Kier molecular flexibility index (Phi) is 7.44. The molecule has 0 aliphatic carbocycles. The minimum absolute atomic E-state index is 0.111. The van der Waals surface area contributed by atoms with Gasteiger partial charge in [0.05, 0.1) is 17.6 Å². The summed E-state index contributed by atoms with van der Waals surface area (Å²) in [4.78, 5) is 41.9. The molecule has 142 valence electrons. The molecule has 7 nitrogen and oxygen atoms in total. The molecule has 0 bridgehead atoms. The summed E-state index contributed by atoms with van der Waals surface area (Å²) in [6, 6.07) is 3.64. The van der Waals surface area contributed by atoms with Gasteiger partial charge in [-0.05, 0) is 23.3 Å². The van der Waals surface area contributed by atoms with E-state index in [2.05, 4.69) is 10.3 Å². The highest BCUT2D eigenvalue weighted by atomic mass is 32.2. The first-order chi connectivity index (χ1) is 12.4. The van der Waals surface area contributed by atoms with Gasteiger partial charge in [0.15, 0.2) is 0 Å². The lowest BCUT2D eigenvalue weighted by atomic mass is 9.88. The molecule has 2 atom stereocenters. The van der Waals surface area contributed by atoms with E-state index < -0.39 is 17.8 Å². The van der Waals surface area contributed by atoms with Gasteiger partial charge in [-0.2, -0.15) is 0 Å². The van der Waals surface area contributed by atoms with Gasteiger partial charge in [-0.15, -0.1) is 11.8 Å². The summed E-state index contributed by atoms with van der Waals surface area (Å²) < 4.78 is 0. The first kappa shape index (κ1) is 20.2. The van der Waals surface area contributed by atoms with Crippen LogP contribution in [0.4, 0.5) is 0 Å². The predicted octanol–water partition coefficient (Wildman–Crippen LogP) is 1.39. The second-order valence-electron chi connectivity index (χ2n) is 6.71. The van der Waals surface area contributed by atoms with Crippen LogP contribution < -0.4 is 5.32 Å². The van der Waals surface area contributed by atoms with Crippen LogP contribution in [0.5, 0.6) is 0 Å². The van der Waals surface area contributed by atoms with Crippen molar-refractivity contribution in [3.8, 4) is 0 Å². The van der Waals surface area contributed by atoms with Crippen molar-refractivity contribution in [2.24, 2.45) is 11.8 Å². The van der Waals surface area contributed by atoms with Gasteiger partial charge < -0.3 is 15.3 Å². The molecule has 1 aromatic rings. The van der Waals surface area contributed by atoms with Gasteiger partial charge in [0.1, 0.15) is 0 Å². The molecule has 26 heavy (non-hydrogen) atoms. The standard InChI is InChI=1S/C18H25N3O4S/c1-12(2)26-11-16(22)21-9-14(6-15(10-21)18(24)25)17(23)20-8-13-4-3-5-19-7-13/h3-5,7,12,14-15H,6,8-11H2,1-2H3,(H,20,23)(H,24,25)/t14-,15-/m1/s1. The molecule has 0 unspecified atom stereocenters. The van der Waals surface area contributed by atoms with Crippen LogP contribution in [0, 0.1) is 11.8 Å². The van der Waals surface area contributed by atoms with Crippen molar-refractivity contribution in [2.45, 2.75) is 32.1 Å². The zero-order valence-corrected chi connectivity index (χ0v) is 15.9. The number of hydrogen-bond acceptors (Lipinski definition) is 5. The number of rotatable bonds is 7. The number of aliphatic carboxylic acids is 1. The van der Waals surface area contributed by atoms with Crippen molar-refractivity contribution < 1.29 is 19.5 Å². The maximum absolute atomic E-state index is 12.5. The number of carbonyl (C=O) groups excluding carboxylic acids is 2. The van der Waals surface area contributed by atoms with E-state index in [9.17, 15) is 19.5 Å². The number of nitrogens with one attached hydrogen (secondary N) is 1. The van der Waals surface area contributed by atoms with Gasteiger partial charge in [-0.1, -0.05) is 19.9 Å². The molecule has 1 aliphatic rings. The van der Waals surface area contributed by atoms with Crippen LogP contribution in [0.15, 0.2) is 24.5 Å². The molecule has 0 spiro atoms. The fourth-order valence-corrected chi connectivity index (χ4v) is 3.50. The van der Waals surface area contributed by atoms with Crippen molar-refractivity contribution in [1.29, 1.82) is 0 Å². The quantitative estimate of drug-likeness (QED) is 0.743. The maximum Gasteiger partial charge on any atom is 0.308 e. The fraction of sp³-hybridized carbons (Fsp3) is 0.556. The molecule has 1 saturated heterocycles. The van der Waals surface area contributed by atoms with Crippen molar-refractivity contribution in [3.63, 3.8) is 0 Å². The normalized spacial score (nSPS) is 20.0. The monoisotopic (exact) mass is 379 g/mol. The van der Waals surface area contributed by atoms with Crippen molar-refractivity contribution >= 4 is 29.5 Å². The zero-order valence-electron chi connectivity index (χ0n) is 15.1. The largest absolute Gasteiger partial charge is 0.481 e. The topological polar surface area (TPSA) is 99.6 Å². The Labute approximate surface area is 157 Å². The summed E-state index contributed by atoms with van der Waals surface area (Å²) in [5.41, 5.74) is 0.868. The zero-order chi connectivity index (χ0) is 19.1. The molecule has 1 aromatic heterocycles. The van der Waals surface area contributed by atoms with Gasteiger partial charge in [0.25, 0.3) is 0 Å². The first-order valence-corrected chi connectivity index (χ1v) is 9.70. The average Bonchev–Trinajstić information content (AvgIpc) is 2.64. The lowest BCUT2D eigenvalue weighted by Crippen LogP contribution is -2.50. The van der Waals surface area contributed by atoms with Gasteiger partial charge >= 0.3 is 5.97 Å². The molecule has 0 radical (unpaired) electrons. The Hall–Kier alpha value is -2.09. The number of thioether (sulfide) groups is 1. The number of aromatic nitrogens is 1. The van der Waals surface area contributed by atoms with E-state index in [0.29, 0.717) is 17.5 Å². The summed E-state index contributed by atoms with van der Waals surface area (Å²) in [5.74, 6) is -2.24. The van der Waals surface area contributed by atoms with E-state index in [1.807, 2.05) is 19.9 Å². The van der Waals surface area contributed by atoms with Crippen molar-refractivity contribution in [2.75, 3.05) is 18.8 Å². The van der Waals surface area contributed by atoms with Crippen molar-refractivity contribution in [1.82, 2.24) is 15.2 Å². The summed E-state index contributed by atoms with van der Waals surface area (Å²) in [7, 11) is 0. The molecule has 2 N–H and O–H groups in total.